The van der Waals surface area contributed by atoms with E-state index in [0.29, 0.717) is 0 Å². The van der Waals surface area contributed by atoms with Gasteiger partial charge < -0.3 is 4.98 Å². The normalized spacial score (nSPS) is 11.0. The van der Waals surface area contributed by atoms with E-state index in [-0.39, 0.29) is 0 Å². The molecule has 0 spiro atoms. The fourth-order valence-electron chi connectivity index (χ4n) is 2.14. The third kappa shape index (κ3) is 1.78. The fourth-order valence-corrected chi connectivity index (χ4v) is 2.14. The molecule has 3 rings (SSSR count). The number of aryl methyl sites for hydroxylation is 2. The Balaban J connectivity index is 2.17. The minimum Gasteiger partial charge on any atom is -0.338 e. The highest BCUT2D eigenvalue weighted by atomic mass is 14.9. The Morgan fingerprint density at radius 1 is 1.22 bits per heavy atom. The molecule has 1 aromatic carbocycles. The lowest BCUT2D eigenvalue weighted by molar-refractivity contribution is 1.14. The van der Waals surface area contributed by atoms with E-state index in [1.54, 1.807) is 6.20 Å². The van der Waals surface area contributed by atoms with E-state index in [1.807, 2.05) is 19.1 Å². The van der Waals surface area contributed by atoms with Gasteiger partial charge in [0.2, 0.25) is 0 Å². The van der Waals surface area contributed by atoms with Gasteiger partial charge in [0.05, 0.1) is 11.0 Å². The number of hydrogen-bond donors (Lipinski definition) is 1. The Bertz CT molecular complexity index is 698. The maximum absolute atomic E-state index is 4.62. The molecule has 0 radical (unpaired) electrons. The molecule has 3 aromatic rings. The lowest BCUT2D eigenvalue weighted by Crippen LogP contribution is -1.87. The summed E-state index contributed by atoms with van der Waals surface area (Å²) in [6.45, 7) is 4.16. The van der Waals surface area contributed by atoms with Crippen molar-refractivity contribution in [2.75, 3.05) is 0 Å². The first kappa shape index (κ1) is 11.0. The number of hydrogen-bond acceptors (Lipinski definition) is 2. The van der Waals surface area contributed by atoms with E-state index >= 15 is 0 Å². The van der Waals surface area contributed by atoms with Gasteiger partial charge in [-0.1, -0.05) is 13.0 Å². The third-order valence-corrected chi connectivity index (χ3v) is 3.22. The van der Waals surface area contributed by atoms with E-state index < -0.39 is 0 Å². The first-order chi connectivity index (χ1) is 8.78. The average Bonchev–Trinajstić information content (AvgIpc) is 2.81. The lowest BCUT2D eigenvalue weighted by Gasteiger charge is -1.99. The quantitative estimate of drug-likeness (QED) is 0.741. The molecule has 3 heteroatoms. The molecule has 0 aliphatic carbocycles. The van der Waals surface area contributed by atoms with Gasteiger partial charge in [-0.2, -0.15) is 0 Å². The predicted molar refractivity (Wildman–Crippen MR) is 73.4 cm³/mol. The standard InChI is InChI=1S/C15H15N3/c1-3-11-6-7-13-14(9-11)18-15(17-13)12-5-4-8-16-10(12)2/h4-9H,3H2,1-2H3,(H,17,18). The monoisotopic (exact) mass is 237 g/mol. The average molecular weight is 237 g/mol. The summed E-state index contributed by atoms with van der Waals surface area (Å²) in [7, 11) is 0. The van der Waals surface area contributed by atoms with E-state index in [2.05, 4.69) is 40.1 Å². The summed E-state index contributed by atoms with van der Waals surface area (Å²) in [5.74, 6) is 0.892. The Morgan fingerprint density at radius 3 is 2.89 bits per heavy atom. The number of rotatable bonds is 2. The number of H-pyrrole nitrogens is 1. The van der Waals surface area contributed by atoms with Gasteiger partial charge in [-0.15, -0.1) is 0 Å². The second-order valence-corrected chi connectivity index (χ2v) is 4.43. The maximum atomic E-state index is 4.62. The summed E-state index contributed by atoms with van der Waals surface area (Å²) in [5, 5.41) is 0. The van der Waals surface area contributed by atoms with Gasteiger partial charge in [-0.25, -0.2) is 4.98 Å². The van der Waals surface area contributed by atoms with Crippen LogP contribution in [0.1, 0.15) is 18.2 Å². The predicted octanol–water partition coefficient (Wildman–Crippen LogP) is 3.50. The van der Waals surface area contributed by atoms with Crippen LogP contribution in [-0.2, 0) is 6.42 Å². The van der Waals surface area contributed by atoms with Crippen molar-refractivity contribution in [1.29, 1.82) is 0 Å². The minimum absolute atomic E-state index is 0.892. The molecule has 3 nitrogen and oxygen atoms in total. The third-order valence-electron chi connectivity index (χ3n) is 3.22. The van der Waals surface area contributed by atoms with Crippen molar-refractivity contribution in [3.8, 4) is 11.4 Å². The Kier molecular flexibility index (Phi) is 2.59. The second kappa shape index (κ2) is 4.26. The number of benzene rings is 1. The second-order valence-electron chi connectivity index (χ2n) is 4.43. The molecule has 0 unspecified atom stereocenters. The van der Waals surface area contributed by atoms with Crippen LogP contribution in [0.15, 0.2) is 36.5 Å². The van der Waals surface area contributed by atoms with Crippen LogP contribution in [0.3, 0.4) is 0 Å². The number of imidazole rings is 1. The van der Waals surface area contributed by atoms with Crippen LogP contribution in [-0.4, -0.2) is 15.0 Å². The van der Waals surface area contributed by atoms with Crippen LogP contribution in [0.5, 0.6) is 0 Å². The highest BCUT2D eigenvalue weighted by Crippen LogP contribution is 2.22. The highest BCUT2D eigenvalue weighted by Gasteiger charge is 2.08. The molecule has 90 valence electrons. The topological polar surface area (TPSA) is 41.6 Å². The summed E-state index contributed by atoms with van der Waals surface area (Å²) in [4.78, 5) is 12.3. The molecule has 18 heavy (non-hydrogen) atoms. The molecule has 0 aliphatic rings. The number of aromatic amines is 1. The number of nitrogens with one attached hydrogen (secondary N) is 1. The van der Waals surface area contributed by atoms with Gasteiger partial charge in [0, 0.05) is 17.5 Å². The molecule has 0 bridgehead atoms. The minimum atomic E-state index is 0.892. The molecule has 0 atom stereocenters. The summed E-state index contributed by atoms with van der Waals surface area (Å²) < 4.78 is 0. The smallest absolute Gasteiger partial charge is 0.140 e. The lowest BCUT2D eigenvalue weighted by atomic mass is 10.1. The summed E-state index contributed by atoms with van der Waals surface area (Å²) >= 11 is 0. The summed E-state index contributed by atoms with van der Waals surface area (Å²) in [6, 6.07) is 10.3. The largest absolute Gasteiger partial charge is 0.338 e. The van der Waals surface area contributed by atoms with Gasteiger partial charge in [0.25, 0.3) is 0 Å². The van der Waals surface area contributed by atoms with Crippen molar-refractivity contribution in [2.45, 2.75) is 20.3 Å². The highest BCUT2D eigenvalue weighted by molar-refractivity contribution is 5.80. The van der Waals surface area contributed by atoms with Gasteiger partial charge in [0.15, 0.2) is 0 Å². The van der Waals surface area contributed by atoms with Crippen LogP contribution in [0, 0.1) is 6.92 Å². The van der Waals surface area contributed by atoms with E-state index in [1.165, 1.54) is 5.56 Å². The van der Waals surface area contributed by atoms with Crippen molar-refractivity contribution in [1.82, 2.24) is 15.0 Å². The number of fused-ring (bicyclic) bond motifs is 1. The zero-order valence-corrected chi connectivity index (χ0v) is 10.6. The van der Waals surface area contributed by atoms with Crippen LogP contribution in [0.4, 0.5) is 0 Å². The first-order valence-electron chi connectivity index (χ1n) is 6.18. The fraction of sp³-hybridized carbons (Fsp3) is 0.200. The van der Waals surface area contributed by atoms with E-state index in [4.69, 9.17) is 0 Å². The first-order valence-corrected chi connectivity index (χ1v) is 6.18. The Hall–Kier alpha value is -2.16. The molecule has 0 saturated heterocycles. The van der Waals surface area contributed by atoms with Gasteiger partial charge in [-0.05, 0) is 43.2 Å². The molecule has 0 saturated carbocycles. The number of nitrogens with zero attached hydrogens (tertiary/aromatic N) is 2. The zero-order chi connectivity index (χ0) is 12.5. The molecular formula is C15H15N3. The van der Waals surface area contributed by atoms with Crippen LogP contribution >= 0.6 is 0 Å². The summed E-state index contributed by atoms with van der Waals surface area (Å²) in [5.41, 5.74) is 5.47. The van der Waals surface area contributed by atoms with Crippen molar-refractivity contribution >= 4 is 11.0 Å². The van der Waals surface area contributed by atoms with Crippen molar-refractivity contribution in [3.63, 3.8) is 0 Å². The molecular weight excluding hydrogens is 222 g/mol. The molecule has 0 fully saturated rings. The van der Waals surface area contributed by atoms with Crippen LogP contribution < -0.4 is 0 Å². The van der Waals surface area contributed by atoms with E-state index in [0.717, 1.165) is 34.5 Å². The van der Waals surface area contributed by atoms with Gasteiger partial charge in [0.1, 0.15) is 5.82 Å². The Labute approximate surface area is 106 Å². The molecule has 1 N–H and O–H groups in total. The van der Waals surface area contributed by atoms with Gasteiger partial charge in [-0.3, -0.25) is 4.98 Å². The Morgan fingerprint density at radius 2 is 2.11 bits per heavy atom. The van der Waals surface area contributed by atoms with Crippen molar-refractivity contribution < 1.29 is 0 Å². The molecule has 0 amide bonds. The van der Waals surface area contributed by atoms with Crippen molar-refractivity contribution in [2.24, 2.45) is 0 Å². The molecule has 2 heterocycles. The van der Waals surface area contributed by atoms with Crippen LogP contribution in [0.2, 0.25) is 0 Å². The molecule has 2 aromatic heterocycles. The SMILES string of the molecule is CCc1ccc2nc(-c3cccnc3C)[nH]c2c1. The number of aromatic nitrogens is 3. The van der Waals surface area contributed by atoms with Gasteiger partial charge >= 0.3 is 0 Å². The molecule has 0 aliphatic heterocycles. The van der Waals surface area contributed by atoms with Crippen LogP contribution in [0.25, 0.3) is 22.4 Å². The van der Waals surface area contributed by atoms with Crippen molar-refractivity contribution in [3.05, 3.63) is 47.8 Å². The van der Waals surface area contributed by atoms with E-state index in [9.17, 15) is 0 Å². The number of pyridine rings is 1. The maximum Gasteiger partial charge on any atom is 0.140 e. The summed E-state index contributed by atoms with van der Waals surface area (Å²) in [6.07, 6.45) is 2.84. The zero-order valence-electron chi connectivity index (χ0n) is 10.6.